The summed E-state index contributed by atoms with van der Waals surface area (Å²) in [6.07, 6.45) is 1.97. The van der Waals surface area contributed by atoms with Crippen molar-refractivity contribution in [3.63, 3.8) is 0 Å². The molecule has 0 saturated carbocycles. The largest absolute Gasteiger partial charge is 0.468 e. The van der Waals surface area contributed by atoms with Gasteiger partial charge in [0, 0.05) is 6.54 Å². The molecule has 1 aliphatic heterocycles. The molecule has 4 heteroatoms. The molecule has 1 unspecified atom stereocenters. The van der Waals surface area contributed by atoms with Crippen LogP contribution in [0.4, 0.5) is 0 Å². The molecule has 1 aliphatic rings. The Balaban J connectivity index is 2.08. The van der Waals surface area contributed by atoms with E-state index in [4.69, 9.17) is 5.73 Å². The Bertz CT molecular complexity index is 157. The molecular formula is C8H16N2O2. The lowest BCUT2D eigenvalue weighted by atomic mass is 10.1. The predicted octanol–water partition coefficient (Wildman–Crippen LogP) is -0.417. The van der Waals surface area contributed by atoms with Gasteiger partial charge in [-0.25, -0.2) is 0 Å². The van der Waals surface area contributed by atoms with Gasteiger partial charge in [-0.05, 0) is 25.9 Å². The average molecular weight is 172 g/mol. The highest BCUT2D eigenvalue weighted by molar-refractivity contribution is 5.75. The summed E-state index contributed by atoms with van der Waals surface area (Å²) in [5.74, 6) is -0.310. The van der Waals surface area contributed by atoms with E-state index in [9.17, 15) is 4.79 Å². The fraction of sp³-hybridized carbons (Fsp3) is 0.875. The second kappa shape index (κ2) is 4.42. The second-order valence-corrected chi connectivity index (χ2v) is 3.11. The smallest absolute Gasteiger partial charge is 0.322 e. The van der Waals surface area contributed by atoms with Crippen molar-refractivity contribution >= 4 is 5.97 Å². The van der Waals surface area contributed by atoms with E-state index in [0.717, 1.165) is 19.6 Å². The summed E-state index contributed by atoms with van der Waals surface area (Å²) >= 11 is 0. The molecule has 0 aromatic rings. The van der Waals surface area contributed by atoms with Crippen molar-refractivity contribution in [3.05, 3.63) is 0 Å². The summed E-state index contributed by atoms with van der Waals surface area (Å²) in [4.78, 5) is 13.1. The van der Waals surface area contributed by atoms with Gasteiger partial charge in [0.15, 0.2) is 0 Å². The number of hydrogen-bond donors (Lipinski definition) is 1. The molecule has 0 amide bonds. The number of rotatable bonds is 4. The van der Waals surface area contributed by atoms with Gasteiger partial charge in [-0.3, -0.25) is 4.79 Å². The van der Waals surface area contributed by atoms with Gasteiger partial charge < -0.3 is 15.4 Å². The van der Waals surface area contributed by atoms with Crippen LogP contribution in [0.1, 0.15) is 12.8 Å². The highest BCUT2D eigenvalue weighted by atomic mass is 16.5. The molecule has 1 heterocycles. The van der Waals surface area contributed by atoms with Gasteiger partial charge in [0.25, 0.3) is 0 Å². The lowest BCUT2D eigenvalue weighted by Gasteiger charge is -2.31. The number of hydrogen-bond acceptors (Lipinski definition) is 4. The molecule has 0 aromatic heterocycles. The van der Waals surface area contributed by atoms with Crippen LogP contribution in [0.25, 0.3) is 0 Å². The maximum Gasteiger partial charge on any atom is 0.322 e. The molecule has 1 atom stereocenters. The highest BCUT2D eigenvalue weighted by Crippen LogP contribution is 2.06. The van der Waals surface area contributed by atoms with Crippen LogP contribution in [-0.4, -0.2) is 43.7 Å². The van der Waals surface area contributed by atoms with Crippen molar-refractivity contribution in [2.75, 3.05) is 26.7 Å². The molecule has 1 fully saturated rings. The van der Waals surface area contributed by atoms with Crippen LogP contribution in [0.15, 0.2) is 0 Å². The Morgan fingerprint density at radius 1 is 1.67 bits per heavy atom. The number of methoxy groups -OCH3 is 1. The fourth-order valence-electron chi connectivity index (χ4n) is 1.20. The maximum atomic E-state index is 10.9. The second-order valence-electron chi connectivity index (χ2n) is 3.11. The first-order valence-corrected chi connectivity index (χ1v) is 4.30. The standard InChI is InChI=1S/C8H16N2O2/c1-12-8(11)7(9)3-6-10-4-2-5-10/h7H,2-6,9H2,1H3. The minimum absolute atomic E-state index is 0.310. The van der Waals surface area contributed by atoms with Crippen molar-refractivity contribution < 1.29 is 9.53 Å². The number of nitrogens with two attached hydrogens (primary N) is 1. The topological polar surface area (TPSA) is 55.6 Å². The molecule has 2 N–H and O–H groups in total. The van der Waals surface area contributed by atoms with E-state index in [2.05, 4.69) is 9.64 Å². The quantitative estimate of drug-likeness (QED) is 0.585. The summed E-state index contributed by atoms with van der Waals surface area (Å²) in [5.41, 5.74) is 5.55. The lowest BCUT2D eigenvalue weighted by Crippen LogP contribution is -2.42. The van der Waals surface area contributed by atoms with Crippen molar-refractivity contribution in [3.8, 4) is 0 Å². The number of likely N-dealkylation sites (tertiary alicyclic amines) is 1. The van der Waals surface area contributed by atoms with Crippen LogP contribution >= 0.6 is 0 Å². The molecule has 70 valence electrons. The van der Waals surface area contributed by atoms with Crippen LogP contribution in [-0.2, 0) is 9.53 Å². The summed E-state index contributed by atoms with van der Waals surface area (Å²) in [6, 6.07) is -0.449. The van der Waals surface area contributed by atoms with E-state index in [1.54, 1.807) is 0 Å². The Labute approximate surface area is 72.7 Å². The number of carbonyl (C=O) groups excluding carboxylic acids is 1. The molecule has 0 bridgehead atoms. The highest BCUT2D eigenvalue weighted by Gasteiger charge is 2.18. The maximum absolute atomic E-state index is 10.9. The molecule has 0 spiro atoms. The lowest BCUT2D eigenvalue weighted by molar-refractivity contribution is -0.142. The monoisotopic (exact) mass is 172 g/mol. The van der Waals surface area contributed by atoms with Gasteiger partial charge >= 0.3 is 5.97 Å². The molecule has 0 radical (unpaired) electrons. The third-order valence-electron chi connectivity index (χ3n) is 2.21. The number of ether oxygens (including phenoxy) is 1. The van der Waals surface area contributed by atoms with Crippen LogP contribution in [0, 0.1) is 0 Å². The first kappa shape index (κ1) is 9.48. The third kappa shape index (κ3) is 2.46. The summed E-state index contributed by atoms with van der Waals surface area (Å²) in [6.45, 7) is 3.21. The van der Waals surface area contributed by atoms with Gasteiger partial charge in [0.05, 0.1) is 7.11 Å². The molecule has 12 heavy (non-hydrogen) atoms. The molecule has 1 rings (SSSR count). The summed E-state index contributed by atoms with van der Waals surface area (Å²) < 4.78 is 4.51. The van der Waals surface area contributed by atoms with Gasteiger partial charge in [-0.2, -0.15) is 0 Å². The Hall–Kier alpha value is -0.610. The molecular weight excluding hydrogens is 156 g/mol. The van der Waals surface area contributed by atoms with Crippen molar-refractivity contribution in [1.82, 2.24) is 4.90 Å². The summed E-state index contributed by atoms with van der Waals surface area (Å²) in [5, 5.41) is 0. The predicted molar refractivity (Wildman–Crippen MR) is 45.7 cm³/mol. The first-order valence-electron chi connectivity index (χ1n) is 4.30. The van der Waals surface area contributed by atoms with E-state index in [1.807, 2.05) is 0 Å². The Kier molecular flexibility index (Phi) is 3.49. The van der Waals surface area contributed by atoms with Crippen molar-refractivity contribution in [2.45, 2.75) is 18.9 Å². The molecule has 4 nitrogen and oxygen atoms in total. The van der Waals surface area contributed by atoms with Crippen LogP contribution in [0.2, 0.25) is 0 Å². The van der Waals surface area contributed by atoms with Crippen LogP contribution in [0.3, 0.4) is 0 Å². The fourth-order valence-corrected chi connectivity index (χ4v) is 1.20. The molecule has 0 aliphatic carbocycles. The number of nitrogens with zero attached hydrogens (tertiary/aromatic N) is 1. The van der Waals surface area contributed by atoms with E-state index in [0.29, 0.717) is 6.42 Å². The zero-order valence-electron chi connectivity index (χ0n) is 7.45. The van der Waals surface area contributed by atoms with E-state index in [1.165, 1.54) is 13.5 Å². The molecule has 1 saturated heterocycles. The zero-order valence-corrected chi connectivity index (χ0v) is 7.45. The van der Waals surface area contributed by atoms with E-state index in [-0.39, 0.29) is 5.97 Å². The first-order chi connectivity index (χ1) is 5.74. The molecule has 0 aromatic carbocycles. The van der Waals surface area contributed by atoms with Crippen molar-refractivity contribution in [1.29, 1.82) is 0 Å². The zero-order chi connectivity index (χ0) is 8.97. The van der Waals surface area contributed by atoms with E-state index >= 15 is 0 Å². The summed E-state index contributed by atoms with van der Waals surface area (Å²) in [7, 11) is 1.37. The van der Waals surface area contributed by atoms with E-state index < -0.39 is 6.04 Å². The van der Waals surface area contributed by atoms with Gasteiger partial charge in [0.1, 0.15) is 6.04 Å². The van der Waals surface area contributed by atoms with Crippen LogP contribution in [0.5, 0.6) is 0 Å². The minimum Gasteiger partial charge on any atom is -0.468 e. The number of esters is 1. The Morgan fingerprint density at radius 3 is 2.75 bits per heavy atom. The number of carbonyl (C=O) groups is 1. The normalized spacial score (nSPS) is 19.8. The van der Waals surface area contributed by atoms with Gasteiger partial charge in [0.2, 0.25) is 0 Å². The Morgan fingerprint density at radius 2 is 2.33 bits per heavy atom. The third-order valence-corrected chi connectivity index (χ3v) is 2.21. The van der Waals surface area contributed by atoms with Gasteiger partial charge in [-0.1, -0.05) is 0 Å². The average Bonchev–Trinajstić information content (AvgIpc) is 2.00. The minimum atomic E-state index is -0.449. The van der Waals surface area contributed by atoms with Crippen molar-refractivity contribution in [2.24, 2.45) is 5.73 Å². The van der Waals surface area contributed by atoms with Crippen LogP contribution < -0.4 is 5.73 Å². The SMILES string of the molecule is COC(=O)C(N)CCN1CCC1. The van der Waals surface area contributed by atoms with Gasteiger partial charge in [-0.15, -0.1) is 0 Å².